The lowest BCUT2D eigenvalue weighted by atomic mass is 10.2. The molecule has 0 saturated heterocycles. The number of hydrogen-bond acceptors (Lipinski definition) is 5. The van der Waals surface area contributed by atoms with Crippen molar-refractivity contribution in [1.29, 1.82) is 0 Å². The molecule has 2 aromatic carbocycles. The lowest BCUT2D eigenvalue weighted by molar-refractivity contribution is -0.137. The van der Waals surface area contributed by atoms with Crippen LogP contribution in [0.4, 0.5) is 30.4 Å². The number of carbonyl (C=O) groups is 1. The Morgan fingerprint density at radius 1 is 0.964 bits per heavy atom. The third-order valence-corrected chi connectivity index (χ3v) is 3.69. The smallest absolute Gasteiger partial charge is 0.416 e. The van der Waals surface area contributed by atoms with Gasteiger partial charge in [0.25, 0.3) is 5.91 Å². The number of nitrogens with zero attached hydrogens (tertiary/aromatic N) is 2. The molecule has 1 aromatic heterocycles. The van der Waals surface area contributed by atoms with Gasteiger partial charge in [0.2, 0.25) is 0 Å². The molecule has 0 aliphatic heterocycles. The number of anilines is 3. The predicted molar refractivity (Wildman–Crippen MR) is 97.7 cm³/mol. The molecular weight excluding hydrogens is 373 g/mol. The number of nitrogens with one attached hydrogen (secondary N) is 2. The molecule has 2 N–H and O–H groups in total. The zero-order valence-corrected chi connectivity index (χ0v) is 14.6. The number of aromatic nitrogens is 2. The summed E-state index contributed by atoms with van der Waals surface area (Å²) < 4.78 is 43.4. The Morgan fingerprint density at radius 3 is 2.39 bits per heavy atom. The standard InChI is InChI=1S/C19H15F3N4O2/c1-28-15-7-3-6-14(11-15)24-18(27)16-8-9-17(26-25-16)23-13-5-2-4-12(10-13)19(20,21)22/h2-11H,1H3,(H,23,26)(H,24,27). The molecule has 28 heavy (non-hydrogen) atoms. The topological polar surface area (TPSA) is 76.1 Å². The van der Waals surface area contributed by atoms with E-state index in [9.17, 15) is 18.0 Å². The number of rotatable bonds is 5. The molecule has 1 amide bonds. The quantitative estimate of drug-likeness (QED) is 0.673. The molecule has 0 aliphatic carbocycles. The van der Waals surface area contributed by atoms with E-state index < -0.39 is 17.6 Å². The molecule has 3 aromatic rings. The zero-order valence-electron chi connectivity index (χ0n) is 14.6. The van der Waals surface area contributed by atoms with Crippen molar-refractivity contribution in [2.45, 2.75) is 6.18 Å². The van der Waals surface area contributed by atoms with Gasteiger partial charge >= 0.3 is 6.18 Å². The van der Waals surface area contributed by atoms with Crippen LogP contribution in [0.15, 0.2) is 60.7 Å². The van der Waals surface area contributed by atoms with E-state index in [1.807, 2.05) is 0 Å². The van der Waals surface area contributed by atoms with Crippen molar-refractivity contribution >= 4 is 23.1 Å². The average molecular weight is 388 g/mol. The van der Waals surface area contributed by atoms with E-state index in [1.165, 1.54) is 31.4 Å². The Labute approximate surface area is 158 Å². The van der Waals surface area contributed by atoms with Crippen LogP contribution < -0.4 is 15.4 Å². The van der Waals surface area contributed by atoms with Crippen molar-refractivity contribution in [2.24, 2.45) is 0 Å². The van der Waals surface area contributed by atoms with Crippen molar-refractivity contribution in [1.82, 2.24) is 10.2 Å². The van der Waals surface area contributed by atoms with Crippen LogP contribution in [0.25, 0.3) is 0 Å². The molecule has 9 heteroatoms. The van der Waals surface area contributed by atoms with Gasteiger partial charge in [0.05, 0.1) is 12.7 Å². The number of halogens is 3. The minimum Gasteiger partial charge on any atom is -0.497 e. The molecule has 0 saturated carbocycles. The normalized spacial score (nSPS) is 11.0. The summed E-state index contributed by atoms with van der Waals surface area (Å²) in [6, 6.07) is 14.4. The number of benzene rings is 2. The molecule has 144 valence electrons. The van der Waals surface area contributed by atoms with E-state index in [1.54, 1.807) is 24.3 Å². The maximum absolute atomic E-state index is 12.8. The molecule has 0 atom stereocenters. The van der Waals surface area contributed by atoms with Crippen LogP contribution >= 0.6 is 0 Å². The van der Waals surface area contributed by atoms with Gasteiger partial charge in [0, 0.05) is 17.4 Å². The van der Waals surface area contributed by atoms with E-state index in [2.05, 4.69) is 20.8 Å². The average Bonchev–Trinajstić information content (AvgIpc) is 2.68. The van der Waals surface area contributed by atoms with Gasteiger partial charge in [-0.15, -0.1) is 10.2 Å². The summed E-state index contributed by atoms with van der Waals surface area (Å²) in [7, 11) is 1.52. The molecule has 3 rings (SSSR count). The Hall–Kier alpha value is -3.62. The van der Waals surface area contributed by atoms with Gasteiger partial charge < -0.3 is 15.4 Å². The minimum absolute atomic E-state index is 0.0532. The van der Waals surface area contributed by atoms with Crippen LogP contribution in [0.1, 0.15) is 16.1 Å². The predicted octanol–water partition coefficient (Wildman–Crippen LogP) is 4.50. The number of amides is 1. The van der Waals surface area contributed by atoms with Gasteiger partial charge in [0.15, 0.2) is 11.5 Å². The largest absolute Gasteiger partial charge is 0.497 e. The Kier molecular flexibility index (Phi) is 5.44. The summed E-state index contributed by atoms with van der Waals surface area (Å²) in [6.45, 7) is 0. The van der Waals surface area contributed by atoms with E-state index in [0.717, 1.165) is 12.1 Å². The molecule has 0 unspecified atom stereocenters. The molecular formula is C19H15F3N4O2. The third kappa shape index (κ3) is 4.76. The summed E-state index contributed by atoms with van der Waals surface area (Å²) in [5, 5.41) is 13.0. The third-order valence-electron chi connectivity index (χ3n) is 3.69. The second-order valence-corrected chi connectivity index (χ2v) is 5.69. The fraction of sp³-hybridized carbons (Fsp3) is 0.105. The van der Waals surface area contributed by atoms with E-state index in [-0.39, 0.29) is 17.2 Å². The van der Waals surface area contributed by atoms with Crippen molar-refractivity contribution in [3.05, 3.63) is 71.9 Å². The molecule has 0 fully saturated rings. The Morgan fingerprint density at radius 2 is 1.71 bits per heavy atom. The van der Waals surface area contributed by atoms with Crippen LogP contribution in [0, 0.1) is 0 Å². The minimum atomic E-state index is -4.44. The summed E-state index contributed by atoms with van der Waals surface area (Å²) in [5.41, 5.74) is 0.00665. The highest BCUT2D eigenvalue weighted by Crippen LogP contribution is 2.31. The highest BCUT2D eigenvalue weighted by Gasteiger charge is 2.30. The van der Waals surface area contributed by atoms with Gasteiger partial charge in [-0.05, 0) is 42.5 Å². The Balaban J connectivity index is 1.68. The van der Waals surface area contributed by atoms with Crippen LogP contribution in [-0.4, -0.2) is 23.2 Å². The summed E-state index contributed by atoms with van der Waals surface area (Å²) >= 11 is 0. The molecule has 6 nitrogen and oxygen atoms in total. The van der Waals surface area contributed by atoms with Crippen LogP contribution in [0.3, 0.4) is 0 Å². The van der Waals surface area contributed by atoms with Gasteiger partial charge in [-0.2, -0.15) is 13.2 Å². The highest BCUT2D eigenvalue weighted by molar-refractivity contribution is 6.02. The molecule has 0 spiro atoms. The lowest BCUT2D eigenvalue weighted by Gasteiger charge is -2.10. The maximum Gasteiger partial charge on any atom is 0.416 e. The Bertz CT molecular complexity index is 975. The van der Waals surface area contributed by atoms with Crippen molar-refractivity contribution in [2.75, 3.05) is 17.7 Å². The summed E-state index contributed by atoms with van der Waals surface area (Å²) in [4.78, 5) is 12.2. The maximum atomic E-state index is 12.8. The SMILES string of the molecule is COc1cccc(NC(=O)c2ccc(Nc3cccc(C(F)(F)F)c3)nn2)c1. The first-order chi connectivity index (χ1) is 13.3. The van der Waals surface area contributed by atoms with Crippen LogP contribution in [0.5, 0.6) is 5.75 Å². The van der Waals surface area contributed by atoms with Gasteiger partial charge in [-0.3, -0.25) is 4.79 Å². The number of hydrogen-bond donors (Lipinski definition) is 2. The van der Waals surface area contributed by atoms with E-state index in [0.29, 0.717) is 11.4 Å². The van der Waals surface area contributed by atoms with Gasteiger partial charge in [-0.1, -0.05) is 12.1 Å². The van der Waals surface area contributed by atoms with Gasteiger partial charge in [0.1, 0.15) is 5.75 Å². The molecule has 1 heterocycles. The second kappa shape index (κ2) is 7.95. The van der Waals surface area contributed by atoms with Crippen LogP contribution in [0.2, 0.25) is 0 Å². The zero-order chi connectivity index (χ0) is 20.1. The van der Waals surface area contributed by atoms with Crippen molar-refractivity contribution in [3.8, 4) is 5.75 Å². The van der Waals surface area contributed by atoms with Crippen molar-refractivity contribution < 1.29 is 22.7 Å². The van der Waals surface area contributed by atoms with E-state index in [4.69, 9.17) is 4.74 Å². The van der Waals surface area contributed by atoms with Crippen molar-refractivity contribution in [3.63, 3.8) is 0 Å². The second-order valence-electron chi connectivity index (χ2n) is 5.69. The monoisotopic (exact) mass is 388 g/mol. The number of methoxy groups -OCH3 is 1. The fourth-order valence-electron chi connectivity index (χ4n) is 2.34. The molecule has 0 bridgehead atoms. The molecule has 0 radical (unpaired) electrons. The number of ether oxygens (including phenoxy) is 1. The first-order valence-corrected chi connectivity index (χ1v) is 8.08. The summed E-state index contributed by atoms with van der Waals surface area (Å²) in [6.07, 6.45) is -4.44. The van der Waals surface area contributed by atoms with Gasteiger partial charge in [-0.25, -0.2) is 0 Å². The number of alkyl halides is 3. The lowest BCUT2D eigenvalue weighted by Crippen LogP contribution is -2.14. The number of carbonyl (C=O) groups excluding carboxylic acids is 1. The first kappa shape index (κ1) is 19.2. The van der Waals surface area contributed by atoms with E-state index >= 15 is 0 Å². The summed E-state index contributed by atoms with van der Waals surface area (Å²) in [5.74, 6) is 0.313. The fourth-order valence-corrected chi connectivity index (χ4v) is 2.34. The highest BCUT2D eigenvalue weighted by atomic mass is 19.4. The first-order valence-electron chi connectivity index (χ1n) is 8.08. The van der Waals surface area contributed by atoms with Crippen LogP contribution in [-0.2, 0) is 6.18 Å². The molecule has 0 aliphatic rings.